The highest BCUT2D eigenvalue weighted by Crippen LogP contribution is 2.69. The highest BCUT2D eigenvalue weighted by atomic mass is 15.1. The summed E-state index contributed by atoms with van der Waals surface area (Å²) in [7, 11) is 0. The second kappa shape index (κ2) is 15.4. The molecule has 3 aliphatic carbocycles. The lowest BCUT2D eigenvalue weighted by Crippen LogP contribution is -2.43. The van der Waals surface area contributed by atoms with Crippen LogP contribution in [-0.2, 0) is 10.8 Å². The molecule has 0 N–H and O–H groups in total. The predicted octanol–water partition coefficient (Wildman–Crippen LogP) is 17.2. The fourth-order valence-corrected chi connectivity index (χ4v) is 12.6. The Morgan fingerprint density at radius 3 is 1.33 bits per heavy atom. The van der Waals surface area contributed by atoms with Crippen LogP contribution in [0.25, 0.3) is 55.6 Å². The summed E-state index contributed by atoms with van der Waals surface area (Å²) in [5.41, 5.74) is 25.1. The maximum Gasteiger partial charge on any atom is 0.0720 e. The van der Waals surface area contributed by atoms with Crippen molar-refractivity contribution in [2.75, 3.05) is 4.90 Å². The molecule has 11 aromatic rings. The highest BCUT2D eigenvalue weighted by molar-refractivity contribution is 5.98. The molecule has 0 bridgehead atoms. The molecule has 69 heavy (non-hydrogen) atoms. The fourth-order valence-electron chi connectivity index (χ4n) is 12.6. The minimum atomic E-state index is -0.624. The third kappa shape index (κ3) is 5.59. The molecule has 11 aromatic carbocycles. The van der Waals surface area contributed by atoms with Crippen molar-refractivity contribution in [3.8, 4) is 55.6 Å². The van der Waals surface area contributed by atoms with Crippen LogP contribution >= 0.6 is 0 Å². The molecule has 2 unspecified atom stereocenters. The Hall–Kier alpha value is -8.78. The van der Waals surface area contributed by atoms with E-state index >= 15 is 0 Å². The molecule has 1 nitrogen and oxygen atoms in total. The van der Waals surface area contributed by atoms with Gasteiger partial charge in [-0.1, -0.05) is 243 Å². The number of benzene rings is 11. The van der Waals surface area contributed by atoms with Crippen molar-refractivity contribution >= 4 is 17.1 Å². The van der Waals surface area contributed by atoms with Gasteiger partial charge in [-0.05, 0) is 125 Å². The monoisotopic (exact) mass is 875 g/mol. The summed E-state index contributed by atoms with van der Waals surface area (Å²) < 4.78 is 0. The normalized spacial score (nSPS) is 16.5. The van der Waals surface area contributed by atoms with Gasteiger partial charge in [0, 0.05) is 16.9 Å². The minimum absolute atomic E-state index is 0.504. The van der Waals surface area contributed by atoms with E-state index < -0.39 is 10.8 Å². The topological polar surface area (TPSA) is 3.24 Å². The highest BCUT2D eigenvalue weighted by Gasteiger charge is 2.59. The van der Waals surface area contributed by atoms with E-state index in [1.807, 2.05) is 0 Å². The van der Waals surface area contributed by atoms with E-state index in [0.717, 1.165) is 22.6 Å². The van der Waals surface area contributed by atoms with Crippen LogP contribution in [0.15, 0.2) is 273 Å². The lowest BCUT2D eigenvalue weighted by molar-refractivity contribution is 0.636. The SMILES string of the molecule is c1ccc(-c2ccc(N(c3ccc4c(c3)C3(c5ccccc5-4)c4ccccc4C4(c5ccccc5)c5ccccc5-c5cccc3c54)c3cc(-c4ccccc4)ccc3-c3ccccc3)cc2)cc1. The predicted molar refractivity (Wildman–Crippen MR) is 286 cm³/mol. The molecule has 0 aromatic heterocycles. The van der Waals surface area contributed by atoms with Crippen molar-refractivity contribution < 1.29 is 0 Å². The quantitative estimate of drug-likeness (QED) is 0.154. The number of anilines is 3. The summed E-state index contributed by atoms with van der Waals surface area (Å²) in [6, 6.07) is 102. The number of nitrogens with zero attached hydrogens (tertiary/aromatic N) is 1. The van der Waals surface area contributed by atoms with E-state index in [1.165, 1.54) is 94.6 Å². The molecule has 0 aliphatic heterocycles. The molecule has 2 atom stereocenters. The molecule has 1 heteroatoms. The van der Waals surface area contributed by atoms with Crippen molar-refractivity contribution in [2.24, 2.45) is 0 Å². The number of hydrogen-bond donors (Lipinski definition) is 0. The van der Waals surface area contributed by atoms with E-state index in [2.05, 4.69) is 278 Å². The van der Waals surface area contributed by atoms with Gasteiger partial charge in [0.2, 0.25) is 0 Å². The smallest absolute Gasteiger partial charge is 0.0720 e. The van der Waals surface area contributed by atoms with E-state index in [9.17, 15) is 0 Å². The summed E-state index contributed by atoms with van der Waals surface area (Å²) >= 11 is 0. The van der Waals surface area contributed by atoms with Crippen LogP contribution in [0.1, 0.15) is 44.5 Å². The minimum Gasteiger partial charge on any atom is -0.310 e. The van der Waals surface area contributed by atoms with Gasteiger partial charge in [0.1, 0.15) is 0 Å². The van der Waals surface area contributed by atoms with Gasteiger partial charge in [-0.3, -0.25) is 0 Å². The lowest BCUT2D eigenvalue weighted by Gasteiger charge is -2.48. The Bertz CT molecular complexity index is 3760. The van der Waals surface area contributed by atoms with Gasteiger partial charge in [0.05, 0.1) is 16.5 Å². The third-order valence-electron chi connectivity index (χ3n) is 15.4. The molecule has 1 spiro atoms. The van der Waals surface area contributed by atoms with E-state index in [1.54, 1.807) is 0 Å². The zero-order valence-electron chi connectivity index (χ0n) is 37.9. The summed E-state index contributed by atoms with van der Waals surface area (Å²) in [6.07, 6.45) is 0. The number of hydrogen-bond acceptors (Lipinski definition) is 1. The molecule has 14 rings (SSSR count). The molecule has 0 saturated carbocycles. The first-order valence-corrected chi connectivity index (χ1v) is 24.1. The number of fused-ring (bicyclic) bond motifs is 12. The van der Waals surface area contributed by atoms with Gasteiger partial charge in [0.25, 0.3) is 0 Å². The Kier molecular flexibility index (Phi) is 8.78. The van der Waals surface area contributed by atoms with Gasteiger partial charge in [-0.2, -0.15) is 0 Å². The summed E-state index contributed by atoms with van der Waals surface area (Å²) in [6.45, 7) is 0. The van der Waals surface area contributed by atoms with Crippen molar-refractivity contribution in [3.63, 3.8) is 0 Å². The molecule has 0 saturated heterocycles. The first kappa shape index (κ1) is 39.4. The second-order valence-corrected chi connectivity index (χ2v) is 18.7. The summed E-state index contributed by atoms with van der Waals surface area (Å²) in [5, 5.41) is 0. The van der Waals surface area contributed by atoms with Crippen molar-refractivity contribution in [3.05, 3.63) is 317 Å². The van der Waals surface area contributed by atoms with Crippen LogP contribution in [-0.4, -0.2) is 0 Å². The molecule has 3 aliphatic rings. The first-order valence-electron chi connectivity index (χ1n) is 24.1. The van der Waals surface area contributed by atoms with Gasteiger partial charge >= 0.3 is 0 Å². The lowest BCUT2D eigenvalue weighted by atomic mass is 9.52. The van der Waals surface area contributed by atoms with Crippen molar-refractivity contribution in [2.45, 2.75) is 10.8 Å². The van der Waals surface area contributed by atoms with Gasteiger partial charge in [0.15, 0.2) is 0 Å². The Labute approximate surface area is 403 Å². The average molecular weight is 876 g/mol. The molecule has 0 radical (unpaired) electrons. The Morgan fingerprint density at radius 1 is 0.232 bits per heavy atom. The van der Waals surface area contributed by atoms with E-state index in [4.69, 9.17) is 0 Å². The van der Waals surface area contributed by atoms with E-state index in [-0.39, 0.29) is 0 Å². The fraction of sp³-hybridized carbons (Fsp3) is 0.0294. The summed E-state index contributed by atoms with van der Waals surface area (Å²) in [4.78, 5) is 2.51. The Morgan fingerprint density at radius 2 is 0.667 bits per heavy atom. The molecule has 0 fully saturated rings. The molecule has 0 heterocycles. The standard InChI is InChI=1S/C68H45N/c1-5-20-46(21-6-1)48-36-39-52(40-37-48)69(65-44-50(47-22-7-2-8-23-47)38-42-54(65)49-24-9-3-10-25-49)53-41-43-57-55-28-13-16-32-60(55)68(64(57)45-53)62-34-18-17-33-61(62)67(51-26-11-4-12-27-51)59-31-15-14-29-56(59)58-30-19-35-63(68)66(58)67/h1-45H. The summed E-state index contributed by atoms with van der Waals surface area (Å²) in [5.74, 6) is 0. The zero-order valence-corrected chi connectivity index (χ0v) is 37.9. The largest absolute Gasteiger partial charge is 0.310 e. The van der Waals surface area contributed by atoms with Crippen molar-refractivity contribution in [1.82, 2.24) is 0 Å². The van der Waals surface area contributed by atoms with Crippen LogP contribution in [0.2, 0.25) is 0 Å². The second-order valence-electron chi connectivity index (χ2n) is 18.7. The zero-order chi connectivity index (χ0) is 45.5. The molecule has 322 valence electrons. The van der Waals surface area contributed by atoms with Crippen LogP contribution in [0, 0.1) is 0 Å². The average Bonchev–Trinajstić information content (AvgIpc) is 3.90. The van der Waals surface area contributed by atoms with Crippen LogP contribution < -0.4 is 4.90 Å². The van der Waals surface area contributed by atoms with Crippen molar-refractivity contribution in [1.29, 1.82) is 0 Å². The Balaban J connectivity index is 1.08. The maximum atomic E-state index is 2.54. The van der Waals surface area contributed by atoms with Gasteiger partial charge in [-0.25, -0.2) is 0 Å². The molecule has 0 amide bonds. The number of rotatable bonds is 7. The molecular formula is C68H45N. The van der Waals surface area contributed by atoms with Crippen LogP contribution in [0.3, 0.4) is 0 Å². The van der Waals surface area contributed by atoms with Gasteiger partial charge in [-0.15, -0.1) is 0 Å². The first-order chi connectivity index (χ1) is 34.2. The van der Waals surface area contributed by atoms with E-state index in [0.29, 0.717) is 0 Å². The van der Waals surface area contributed by atoms with Crippen LogP contribution in [0.4, 0.5) is 17.1 Å². The van der Waals surface area contributed by atoms with Gasteiger partial charge < -0.3 is 4.90 Å². The maximum absolute atomic E-state index is 2.54. The van der Waals surface area contributed by atoms with Crippen LogP contribution in [0.5, 0.6) is 0 Å². The molecular weight excluding hydrogens is 831 g/mol. The third-order valence-corrected chi connectivity index (χ3v) is 15.4.